The summed E-state index contributed by atoms with van der Waals surface area (Å²) in [5, 5.41) is 3.71. The lowest BCUT2D eigenvalue weighted by molar-refractivity contribution is -0.197. The first-order chi connectivity index (χ1) is 10.5. The van der Waals surface area contributed by atoms with Gasteiger partial charge in [0, 0.05) is 4.91 Å². The third-order valence-electron chi connectivity index (χ3n) is 3.58. The summed E-state index contributed by atoms with van der Waals surface area (Å²) < 4.78 is 15.6. The van der Waals surface area contributed by atoms with E-state index in [1.807, 2.05) is 0 Å². The molecule has 0 aromatic carbocycles. The van der Waals surface area contributed by atoms with Crippen LogP contribution in [0.25, 0.3) is 10.4 Å². The molecule has 22 heavy (non-hydrogen) atoms. The van der Waals surface area contributed by atoms with Crippen LogP contribution in [0.5, 0.6) is 0 Å². The Labute approximate surface area is 129 Å². The number of hydrogen-bond donors (Lipinski definition) is 0. The van der Waals surface area contributed by atoms with Crippen molar-refractivity contribution in [3.8, 4) is 0 Å². The van der Waals surface area contributed by atoms with Crippen LogP contribution in [0, 0.1) is 0 Å². The molecule has 0 unspecified atom stereocenters. The van der Waals surface area contributed by atoms with E-state index in [1.165, 1.54) is 6.92 Å². The zero-order valence-corrected chi connectivity index (χ0v) is 13.3. The molecular weight excluding hydrogens is 290 g/mol. The Kier molecular flexibility index (Phi) is 7.14. The molecule has 0 aromatic heterocycles. The third-order valence-corrected chi connectivity index (χ3v) is 3.58. The van der Waals surface area contributed by atoms with Gasteiger partial charge < -0.3 is 14.2 Å². The predicted octanol–water partition coefficient (Wildman–Crippen LogP) is 2.51. The quantitative estimate of drug-likeness (QED) is 0.236. The van der Waals surface area contributed by atoms with Crippen molar-refractivity contribution in [2.75, 3.05) is 13.2 Å². The SMILES string of the molecule is CCOC(=O)C(C)(O[C@@H]1CCCC[C@H]1N=[N+]=[N-])C(=O)OCC. The summed E-state index contributed by atoms with van der Waals surface area (Å²) in [7, 11) is 0. The maximum absolute atomic E-state index is 12.2. The first kappa shape index (κ1) is 18.3. The smallest absolute Gasteiger partial charge is 0.349 e. The Balaban J connectivity index is 2.97. The fourth-order valence-corrected chi connectivity index (χ4v) is 2.43. The van der Waals surface area contributed by atoms with Crippen molar-refractivity contribution in [3.05, 3.63) is 10.4 Å². The summed E-state index contributed by atoms with van der Waals surface area (Å²) in [5.41, 5.74) is 6.79. The van der Waals surface area contributed by atoms with Crippen LogP contribution in [0.15, 0.2) is 5.11 Å². The minimum absolute atomic E-state index is 0.127. The number of carbonyl (C=O) groups excluding carboxylic acids is 2. The summed E-state index contributed by atoms with van der Waals surface area (Å²) in [6.07, 6.45) is 2.56. The summed E-state index contributed by atoms with van der Waals surface area (Å²) >= 11 is 0. The molecule has 0 N–H and O–H groups in total. The second-order valence-corrected chi connectivity index (χ2v) is 5.19. The van der Waals surface area contributed by atoms with E-state index in [0.717, 1.165) is 12.8 Å². The second kappa shape index (κ2) is 8.60. The maximum Gasteiger partial charge on any atom is 0.349 e. The van der Waals surface area contributed by atoms with E-state index < -0.39 is 29.7 Å². The molecule has 0 spiro atoms. The number of hydrogen-bond acceptors (Lipinski definition) is 6. The van der Waals surface area contributed by atoms with Gasteiger partial charge in [-0.25, -0.2) is 9.59 Å². The summed E-state index contributed by atoms with van der Waals surface area (Å²) in [4.78, 5) is 27.2. The van der Waals surface area contributed by atoms with Gasteiger partial charge in [0.2, 0.25) is 0 Å². The molecule has 1 fully saturated rings. The minimum atomic E-state index is -1.85. The highest BCUT2D eigenvalue weighted by Crippen LogP contribution is 2.29. The molecule has 0 aliphatic heterocycles. The van der Waals surface area contributed by atoms with Crippen molar-refractivity contribution in [2.45, 2.75) is 64.2 Å². The van der Waals surface area contributed by atoms with Crippen LogP contribution in [0.1, 0.15) is 46.5 Å². The zero-order valence-electron chi connectivity index (χ0n) is 13.3. The van der Waals surface area contributed by atoms with E-state index in [2.05, 4.69) is 10.0 Å². The minimum Gasteiger partial charge on any atom is -0.463 e. The van der Waals surface area contributed by atoms with Crippen LogP contribution in [0.4, 0.5) is 0 Å². The van der Waals surface area contributed by atoms with Crippen LogP contribution in [-0.2, 0) is 23.8 Å². The van der Waals surface area contributed by atoms with E-state index in [0.29, 0.717) is 12.8 Å². The highest BCUT2D eigenvalue weighted by molar-refractivity contribution is 6.03. The monoisotopic (exact) mass is 313 g/mol. The highest BCUT2D eigenvalue weighted by Gasteiger charge is 2.48. The average Bonchev–Trinajstić information content (AvgIpc) is 2.49. The number of azide groups is 1. The number of ether oxygens (including phenoxy) is 3. The van der Waals surface area contributed by atoms with Crippen LogP contribution < -0.4 is 0 Å². The lowest BCUT2D eigenvalue weighted by atomic mass is 9.92. The van der Waals surface area contributed by atoms with Gasteiger partial charge in [-0.2, -0.15) is 0 Å². The molecule has 0 saturated heterocycles. The van der Waals surface area contributed by atoms with Gasteiger partial charge in [-0.15, -0.1) is 0 Å². The standard InChI is InChI=1S/C14H23N3O5/c1-4-20-12(18)14(3,13(19)21-5-2)22-11-9-7-6-8-10(11)16-17-15/h10-11H,4-9H2,1-3H3/t10-,11-/m1/s1. The van der Waals surface area contributed by atoms with Gasteiger partial charge in [0.15, 0.2) is 0 Å². The molecule has 0 radical (unpaired) electrons. The van der Waals surface area contributed by atoms with Crippen LogP contribution in [0.2, 0.25) is 0 Å². The molecule has 0 bridgehead atoms. The fourth-order valence-electron chi connectivity index (χ4n) is 2.43. The molecule has 0 aromatic rings. The molecule has 8 heteroatoms. The summed E-state index contributed by atoms with van der Waals surface area (Å²) in [5.74, 6) is -1.59. The van der Waals surface area contributed by atoms with Crippen molar-refractivity contribution in [1.82, 2.24) is 0 Å². The van der Waals surface area contributed by atoms with E-state index >= 15 is 0 Å². The Morgan fingerprint density at radius 1 is 1.18 bits per heavy atom. The Morgan fingerprint density at radius 3 is 2.23 bits per heavy atom. The lowest BCUT2D eigenvalue weighted by Crippen LogP contribution is -2.52. The topological polar surface area (TPSA) is 111 Å². The van der Waals surface area contributed by atoms with Crippen molar-refractivity contribution in [2.24, 2.45) is 5.11 Å². The van der Waals surface area contributed by atoms with Crippen LogP contribution in [0.3, 0.4) is 0 Å². The largest absolute Gasteiger partial charge is 0.463 e. The Hall–Kier alpha value is -1.79. The molecule has 2 atom stereocenters. The van der Waals surface area contributed by atoms with E-state index in [-0.39, 0.29) is 13.2 Å². The van der Waals surface area contributed by atoms with E-state index in [9.17, 15) is 9.59 Å². The lowest BCUT2D eigenvalue weighted by Gasteiger charge is -2.35. The average molecular weight is 313 g/mol. The zero-order chi connectivity index (χ0) is 16.6. The summed E-state index contributed by atoms with van der Waals surface area (Å²) in [6, 6.07) is -0.401. The molecule has 1 aliphatic carbocycles. The molecule has 124 valence electrons. The third kappa shape index (κ3) is 4.35. The number of nitrogens with zero attached hydrogens (tertiary/aromatic N) is 3. The van der Waals surface area contributed by atoms with Gasteiger partial charge in [0.1, 0.15) is 0 Å². The van der Waals surface area contributed by atoms with E-state index in [1.54, 1.807) is 13.8 Å². The predicted molar refractivity (Wildman–Crippen MR) is 77.9 cm³/mol. The van der Waals surface area contributed by atoms with Crippen molar-refractivity contribution >= 4 is 11.9 Å². The maximum atomic E-state index is 12.2. The van der Waals surface area contributed by atoms with Gasteiger partial charge in [0.05, 0.1) is 25.4 Å². The highest BCUT2D eigenvalue weighted by atomic mass is 16.6. The van der Waals surface area contributed by atoms with Gasteiger partial charge in [-0.05, 0) is 39.1 Å². The first-order valence-electron chi connectivity index (χ1n) is 7.56. The Morgan fingerprint density at radius 2 is 1.73 bits per heavy atom. The van der Waals surface area contributed by atoms with Crippen LogP contribution in [-0.4, -0.2) is 42.9 Å². The number of carbonyl (C=O) groups is 2. The molecule has 1 aliphatic rings. The number of esters is 2. The van der Waals surface area contributed by atoms with Crippen molar-refractivity contribution in [1.29, 1.82) is 0 Å². The number of rotatable bonds is 7. The van der Waals surface area contributed by atoms with Gasteiger partial charge in [-0.3, -0.25) is 0 Å². The normalized spacial score (nSPS) is 21.6. The van der Waals surface area contributed by atoms with Crippen molar-refractivity contribution < 1.29 is 23.8 Å². The first-order valence-corrected chi connectivity index (χ1v) is 7.56. The van der Waals surface area contributed by atoms with Gasteiger partial charge >= 0.3 is 11.9 Å². The molecule has 0 heterocycles. The van der Waals surface area contributed by atoms with Crippen LogP contribution >= 0.6 is 0 Å². The second-order valence-electron chi connectivity index (χ2n) is 5.19. The van der Waals surface area contributed by atoms with Crippen molar-refractivity contribution in [3.63, 3.8) is 0 Å². The molecule has 1 rings (SSSR count). The fraction of sp³-hybridized carbons (Fsp3) is 0.857. The molecule has 0 amide bonds. The Bertz CT molecular complexity index is 430. The van der Waals surface area contributed by atoms with E-state index in [4.69, 9.17) is 19.7 Å². The molecule has 1 saturated carbocycles. The summed E-state index contributed by atoms with van der Waals surface area (Å²) in [6.45, 7) is 4.88. The van der Waals surface area contributed by atoms with Gasteiger partial charge in [0.25, 0.3) is 5.60 Å². The molecule has 8 nitrogen and oxygen atoms in total. The molecular formula is C14H23N3O5. The van der Waals surface area contributed by atoms with Gasteiger partial charge in [-0.1, -0.05) is 18.0 Å².